The highest BCUT2D eigenvalue weighted by molar-refractivity contribution is 6.43. The quantitative estimate of drug-likeness (QED) is 0.717. The molecule has 0 saturated carbocycles. The molecule has 1 aliphatic heterocycles. The van der Waals surface area contributed by atoms with Crippen LogP contribution in [-0.4, -0.2) is 52.9 Å². The average molecular weight is 326 g/mol. The van der Waals surface area contributed by atoms with Crippen molar-refractivity contribution in [1.29, 1.82) is 0 Å². The van der Waals surface area contributed by atoms with E-state index in [1.165, 1.54) is 4.90 Å². The van der Waals surface area contributed by atoms with Gasteiger partial charge in [-0.05, 0) is 35.7 Å². The molecule has 124 valence electrons. The van der Waals surface area contributed by atoms with Crippen LogP contribution in [0.3, 0.4) is 0 Å². The zero-order chi connectivity index (χ0) is 17.1. The van der Waals surface area contributed by atoms with Crippen molar-refractivity contribution in [3.63, 3.8) is 0 Å². The standard InChI is InChI=1S/C17H19BN2O4/c21-16(20-9-3-6-15(20)18(23)24)11-19-17(22)14-8-7-12-4-1-2-5-13(12)10-14/h1-2,4-5,7-8,10,15,23-24H,3,6,9,11H2,(H,19,22)/t15-/m0/s1. The van der Waals surface area contributed by atoms with E-state index in [0.717, 1.165) is 17.2 Å². The van der Waals surface area contributed by atoms with Gasteiger partial charge in [0, 0.05) is 12.1 Å². The summed E-state index contributed by atoms with van der Waals surface area (Å²) in [5, 5.41) is 23.2. The van der Waals surface area contributed by atoms with Gasteiger partial charge in [0.05, 0.1) is 12.5 Å². The first kappa shape index (κ1) is 16.5. The first-order chi connectivity index (χ1) is 11.6. The molecule has 0 radical (unpaired) electrons. The van der Waals surface area contributed by atoms with Gasteiger partial charge in [0.1, 0.15) is 0 Å². The molecule has 2 aromatic carbocycles. The van der Waals surface area contributed by atoms with E-state index in [1.807, 2.05) is 30.3 Å². The van der Waals surface area contributed by atoms with Gasteiger partial charge in [0.2, 0.25) is 5.91 Å². The highest BCUT2D eigenvalue weighted by Gasteiger charge is 2.36. The molecule has 0 unspecified atom stereocenters. The first-order valence-electron chi connectivity index (χ1n) is 7.99. The summed E-state index contributed by atoms with van der Waals surface area (Å²) in [5.74, 6) is -1.22. The maximum Gasteiger partial charge on any atom is 0.475 e. The predicted octanol–water partition coefficient (Wildman–Crippen LogP) is 0.573. The van der Waals surface area contributed by atoms with Gasteiger partial charge in [0.25, 0.3) is 5.91 Å². The van der Waals surface area contributed by atoms with Crippen molar-refractivity contribution >= 4 is 29.7 Å². The van der Waals surface area contributed by atoms with E-state index in [0.29, 0.717) is 18.5 Å². The SMILES string of the molecule is O=C(NCC(=O)N1CCC[C@H]1B(O)O)c1ccc2ccccc2c1. The van der Waals surface area contributed by atoms with Gasteiger partial charge in [0.15, 0.2) is 0 Å². The summed E-state index contributed by atoms with van der Waals surface area (Å²) in [7, 11) is -1.55. The molecule has 24 heavy (non-hydrogen) atoms. The molecular weight excluding hydrogens is 307 g/mol. The number of fused-ring (bicyclic) bond motifs is 1. The molecule has 1 heterocycles. The molecule has 0 aromatic heterocycles. The molecule has 1 saturated heterocycles. The van der Waals surface area contributed by atoms with Gasteiger partial charge in [-0.15, -0.1) is 0 Å². The van der Waals surface area contributed by atoms with Gasteiger partial charge >= 0.3 is 7.12 Å². The van der Waals surface area contributed by atoms with Crippen LogP contribution >= 0.6 is 0 Å². The van der Waals surface area contributed by atoms with Crippen LogP contribution in [0.2, 0.25) is 0 Å². The van der Waals surface area contributed by atoms with Crippen molar-refractivity contribution in [1.82, 2.24) is 10.2 Å². The van der Waals surface area contributed by atoms with Crippen LogP contribution in [0, 0.1) is 0 Å². The van der Waals surface area contributed by atoms with Gasteiger partial charge in [-0.2, -0.15) is 0 Å². The molecule has 0 aliphatic carbocycles. The van der Waals surface area contributed by atoms with Crippen molar-refractivity contribution in [2.75, 3.05) is 13.1 Å². The Morgan fingerprint density at radius 3 is 2.67 bits per heavy atom. The van der Waals surface area contributed by atoms with Crippen LogP contribution < -0.4 is 5.32 Å². The van der Waals surface area contributed by atoms with Crippen LogP contribution in [0.25, 0.3) is 10.8 Å². The Hall–Kier alpha value is -2.38. The number of benzene rings is 2. The van der Waals surface area contributed by atoms with E-state index < -0.39 is 13.1 Å². The third kappa shape index (κ3) is 3.42. The predicted molar refractivity (Wildman–Crippen MR) is 91.2 cm³/mol. The molecule has 3 N–H and O–H groups in total. The number of amides is 2. The summed E-state index contributed by atoms with van der Waals surface area (Å²) in [6, 6.07) is 13.1. The summed E-state index contributed by atoms with van der Waals surface area (Å²) >= 11 is 0. The Bertz CT molecular complexity index is 765. The summed E-state index contributed by atoms with van der Waals surface area (Å²) < 4.78 is 0. The molecule has 1 aliphatic rings. The average Bonchev–Trinajstić information content (AvgIpc) is 3.09. The maximum atomic E-state index is 12.2. The van der Waals surface area contributed by atoms with E-state index >= 15 is 0 Å². The summed E-state index contributed by atoms with van der Waals surface area (Å²) in [6.45, 7) is 0.321. The number of hydrogen-bond acceptors (Lipinski definition) is 4. The molecule has 1 fully saturated rings. The molecule has 1 atom stereocenters. The lowest BCUT2D eigenvalue weighted by Gasteiger charge is -2.24. The fourth-order valence-electron chi connectivity index (χ4n) is 3.10. The minimum atomic E-state index is -1.55. The Balaban J connectivity index is 1.63. The van der Waals surface area contributed by atoms with E-state index in [1.54, 1.807) is 12.1 Å². The molecule has 0 bridgehead atoms. The van der Waals surface area contributed by atoms with Crippen LogP contribution in [0.4, 0.5) is 0 Å². The molecule has 2 aromatic rings. The lowest BCUT2D eigenvalue weighted by Crippen LogP contribution is -2.48. The zero-order valence-electron chi connectivity index (χ0n) is 13.2. The summed E-state index contributed by atoms with van der Waals surface area (Å²) in [6.07, 6.45) is 1.29. The highest BCUT2D eigenvalue weighted by atomic mass is 16.4. The fraction of sp³-hybridized carbons (Fsp3) is 0.294. The third-order valence-electron chi connectivity index (χ3n) is 4.38. The molecule has 2 amide bonds. The highest BCUT2D eigenvalue weighted by Crippen LogP contribution is 2.18. The summed E-state index contributed by atoms with van der Waals surface area (Å²) in [5.41, 5.74) is 0.488. The Morgan fingerprint density at radius 1 is 1.17 bits per heavy atom. The Kier molecular flexibility index (Phi) is 4.82. The number of carbonyl (C=O) groups is 2. The monoisotopic (exact) mass is 326 g/mol. The topological polar surface area (TPSA) is 89.9 Å². The van der Waals surface area contributed by atoms with Gasteiger partial charge in [-0.1, -0.05) is 30.3 Å². The van der Waals surface area contributed by atoms with Crippen LogP contribution in [0.1, 0.15) is 23.2 Å². The lowest BCUT2D eigenvalue weighted by atomic mass is 9.78. The number of hydrogen-bond donors (Lipinski definition) is 3. The van der Waals surface area contributed by atoms with Crippen molar-refractivity contribution in [3.05, 3.63) is 48.0 Å². The van der Waals surface area contributed by atoms with Crippen molar-refractivity contribution in [3.8, 4) is 0 Å². The van der Waals surface area contributed by atoms with Gasteiger partial charge in [-0.3, -0.25) is 9.59 Å². The van der Waals surface area contributed by atoms with E-state index in [2.05, 4.69) is 5.32 Å². The van der Waals surface area contributed by atoms with Crippen LogP contribution in [0.15, 0.2) is 42.5 Å². The van der Waals surface area contributed by atoms with E-state index in [4.69, 9.17) is 0 Å². The molecule has 3 rings (SSSR count). The van der Waals surface area contributed by atoms with E-state index in [9.17, 15) is 19.6 Å². The fourth-order valence-corrected chi connectivity index (χ4v) is 3.10. The van der Waals surface area contributed by atoms with Gasteiger partial charge in [-0.25, -0.2) is 0 Å². The number of nitrogens with zero attached hydrogens (tertiary/aromatic N) is 1. The number of rotatable bonds is 4. The van der Waals surface area contributed by atoms with Crippen LogP contribution in [-0.2, 0) is 4.79 Å². The third-order valence-corrected chi connectivity index (χ3v) is 4.38. The van der Waals surface area contributed by atoms with Crippen LogP contribution in [0.5, 0.6) is 0 Å². The minimum absolute atomic E-state index is 0.158. The minimum Gasteiger partial charge on any atom is -0.426 e. The Labute approximate surface area is 140 Å². The van der Waals surface area contributed by atoms with Gasteiger partial charge < -0.3 is 20.3 Å². The van der Waals surface area contributed by atoms with Crippen molar-refractivity contribution in [2.24, 2.45) is 0 Å². The smallest absolute Gasteiger partial charge is 0.426 e. The molecule has 6 nitrogen and oxygen atoms in total. The summed E-state index contributed by atoms with van der Waals surface area (Å²) in [4.78, 5) is 25.9. The molecule has 0 spiro atoms. The second-order valence-electron chi connectivity index (χ2n) is 5.95. The first-order valence-corrected chi connectivity index (χ1v) is 7.99. The zero-order valence-corrected chi connectivity index (χ0v) is 13.2. The molecular formula is C17H19BN2O4. The van der Waals surface area contributed by atoms with Crippen molar-refractivity contribution < 1.29 is 19.6 Å². The van der Waals surface area contributed by atoms with E-state index in [-0.39, 0.29) is 18.4 Å². The largest absolute Gasteiger partial charge is 0.475 e. The number of nitrogens with one attached hydrogen (secondary N) is 1. The Morgan fingerprint density at radius 2 is 1.92 bits per heavy atom. The number of likely N-dealkylation sites (tertiary alicyclic amines) is 1. The number of carbonyl (C=O) groups excluding carboxylic acids is 2. The molecule has 7 heteroatoms. The second-order valence-corrected chi connectivity index (χ2v) is 5.95. The maximum absolute atomic E-state index is 12.2. The second kappa shape index (κ2) is 7.03. The lowest BCUT2D eigenvalue weighted by molar-refractivity contribution is -0.130. The normalized spacial score (nSPS) is 17.1. The van der Waals surface area contributed by atoms with Crippen molar-refractivity contribution in [2.45, 2.75) is 18.8 Å².